The molecule has 0 aliphatic rings. The zero-order valence-electron chi connectivity index (χ0n) is 22.7. The Morgan fingerprint density at radius 2 is 1.69 bits per heavy atom. The minimum atomic E-state index is -4.40. The van der Waals surface area contributed by atoms with Crippen LogP contribution in [0.25, 0.3) is 10.6 Å². The molecule has 0 aliphatic heterocycles. The summed E-state index contributed by atoms with van der Waals surface area (Å²) in [5.41, 5.74) is 0.581. The van der Waals surface area contributed by atoms with E-state index in [1.165, 1.54) is 37.3 Å². The Bertz CT molecular complexity index is 1300. The Morgan fingerprint density at radius 3 is 2.28 bits per heavy atom. The summed E-state index contributed by atoms with van der Waals surface area (Å²) >= 11 is 1.42. The molecule has 1 aromatic heterocycles. The molecule has 0 aliphatic carbocycles. The number of aliphatic carboxylic acids is 1. The van der Waals surface area contributed by atoms with E-state index in [1.54, 1.807) is 25.1 Å². The molecule has 0 amide bonds. The minimum absolute atomic E-state index is 0.0662. The van der Waals surface area contributed by atoms with Gasteiger partial charge in [0.05, 0.1) is 11.3 Å². The number of hydrogen-bond donors (Lipinski definition) is 1. The number of unbranched alkanes of at least 4 members (excludes halogenated alkanes) is 3. The van der Waals surface area contributed by atoms with Crippen molar-refractivity contribution in [2.75, 3.05) is 0 Å². The van der Waals surface area contributed by atoms with E-state index in [0.29, 0.717) is 33.9 Å². The van der Waals surface area contributed by atoms with Gasteiger partial charge in [-0.25, -0.2) is 9.78 Å². The SMILES string of the molecule is CCCCCCc1nc(-c2ccc(C(F)(F)F)cc2)sc1CCC(=O)c1ccc(OC(C)(C)C(=O)O)c(C)c1. The maximum Gasteiger partial charge on any atom is 0.416 e. The minimum Gasteiger partial charge on any atom is -0.478 e. The number of thiazole rings is 1. The molecule has 0 unspecified atom stereocenters. The number of ketones is 1. The average Bonchev–Trinajstić information content (AvgIpc) is 3.28. The molecular formula is C30H34F3NO4S. The quantitative estimate of drug-likeness (QED) is 0.168. The lowest BCUT2D eigenvalue weighted by atomic mass is 10.0. The summed E-state index contributed by atoms with van der Waals surface area (Å²) in [6, 6.07) is 9.95. The van der Waals surface area contributed by atoms with Crippen molar-refractivity contribution < 1.29 is 32.6 Å². The van der Waals surface area contributed by atoms with Crippen molar-refractivity contribution in [1.29, 1.82) is 0 Å². The molecule has 1 N–H and O–H groups in total. The van der Waals surface area contributed by atoms with Crippen LogP contribution in [-0.2, 0) is 23.8 Å². The number of nitrogens with zero attached hydrogens (tertiary/aromatic N) is 1. The zero-order chi connectivity index (χ0) is 28.8. The zero-order valence-corrected chi connectivity index (χ0v) is 23.5. The first-order chi connectivity index (χ1) is 18.3. The second kappa shape index (κ2) is 12.8. The van der Waals surface area contributed by atoms with E-state index in [2.05, 4.69) is 6.92 Å². The van der Waals surface area contributed by atoms with E-state index in [1.807, 2.05) is 0 Å². The Kier molecular flexibility index (Phi) is 9.93. The van der Waals surface area contributed by atoms with Crippen LogP contribution in [0.1, 0.15) is 84.9 Å². The molecule has 2 aromatic carbocycles. The van der Waals surface area contributed by atoms with Gasteiger partial charge in [0.25, 0.3) is 0 Å². The topological polar surface area (TPSA) is 76.5 Å². The highest BCUT2D eigenvalue weighted by Crippen LogP contribution is 2.34. The highest BCUT2D eigenvalue weighted by atomic mass is 32.1. The van der Waals surface area contributed by atoms with Crippen molar-refractivity contribution in [2.24, 2.45) is 0 Å². The summed E-state index contributed by atoms with van der Waals surface area (Å²) in [6.07, 6.45) is 1.32. The first kappa shape index (κ1) is 30.3. The van der Waals surface area contributed by atoms with Crippen molar-refractivity contribution in [1.82, 2.24) is 4.98 Å². The highest BCUT2D eigenvalue weighted by Gasteiger charge is 2.31. The lowest BCUT2D eigenvalue weighted by Crippen LogP contribution is -2.38. The molecule has 3 aromatic rings. The molecule has 9 heteroatoms. The van der Waals surface area contributed by atoms with Gasteiger partial charge in [-0.3, -0.25) is 4.79 Å². The van der Waals surface area contributed by atoms with Crippen LogP contribution in [0.5, 0.6) is 5.75 Å². The number of Topliss-reactive ketones (excluding diaryl/α,β-unsaturated/α-hetero) is 1. The van der Waals surface area contributed by atoms with Gasteiger partial charge in [-0.1, -0.05) is 38.3 Å². The van der Waals surface area contributed by atoms with Crippen molar-refractivity contribution in [3.8, 4) is 16.3 Å². The van der Waals surface area contributed by atoms with Crippen LogP contribution in [0.4, 0.5) is 13.2 Å². The summed E-state index contributed by atoms with van der Waals surface area (Å²) in [6.45, 7) is 6.82. The maximum absolute atomic E-state index is 13.0. The molecule has 0 atom stereocenters. The first-order valence-electron chi connectivity index (χ1n) is 13.0. The van der Waals surface area contributed by atoms with E-state index in [-0.39, 0.29) is 12.2 Å². The molecule has 0 saturated carbocycles. The van der Waals surface area contributed by atoms with Gasteiger partial charge in [0, 0.05) is 22.4 Å². The van der Waals surface area contributed by atoms with Crippen LogP contribution in [-0.4, -0.2) is 27.4 Å². The van der Waals surface area contributed by atoms with E-state index in [0.717, 1.165) is 54.8 Å². The number of halogens is 3. The normalized spacial score (nSPS) is 12.0. The van der Waals surface area contributed by atoms with Gasteiger partial charge >= 0.3 is 12.1 Å². The standard InChI is InChI=1S/C30H34F3NO4S/c1-5-6-7-8-9-23-26(39-27(34-23)20-10-13-22(14-11-20)30(31,32)33)17-15-24(35)21-12-16-25(19(2)18-21)38-29(3,4)28(36)37/h10-14,16,18H,5-9,15,17H2,1-4H3,(H,36,37). The number of carboxylic acids is 1. The molecule has 1 heterocycles. The number of carbonyl (C=O) groups excluding carboxylic acids is 1. The number of aryl methyl sites for hydroxylation is 3. The number of hydrogen-bond acceptors (Lipinski definition) is 5. The van der Waals surface area contributed by atoms with E-state index in [4.69, 9.17) is 9.72 Å². The Morgan fingerprint density at radius 1 is 1.00 bits per heavy atom. The molecule has 0 bridgehead atoms. The third-order valence-corrected chi connectivity index (χ3v) is 7.67. The molecule has 210 valence electrons. The smallest absolute Gasteiger partial charge is 0.416 e. The summed E-state index contributed by atoms with van der Waals surface area (Å²) in [5.74, 6) is -0.756. The predicted molar refractivity (Wildman–Crippen MR) is 147 cm³/mol. The van der Waals surface area contributed by atoms with Crippen molar-refractivity contribution >= 4 is 23.1 Å². The fraction of sp³-hybridized carbons (Fsp3) is 0.433. The number of benzene rings is 2. The largest absolute Gasteiger partial charge is 0.478 e. The molecule has 0 radical (unpaired) electrons. The van der Waals surface area contributed by atoms with Gasteiger partial charge in [-0.15, -0.1) is 11.3 Å². The number of carbonyl (C=O) groups is 2. The van der Waals surface area contributed by atoms with Crippen LogP contribution in [0.3, 0.4) is 0 Å². The van der Waals surface area contributed by atoms with Crippen molar-refractivity contribution in [3.63, 3.8) is 0 Å². The third kappa shape index (κ3) is 8.14. The summed E-state index contributed by atoms with van der Waals surface area (Å²) in [7, 11) is 0. The van der Waals surface area contributed by atoms with Gasteiger partial charge in [0.1, 0.15) is 10.8 Å². The highest BCUT2D eigenvalue weighted by molar-refractivity contribution is 7.15. The Balaban J connectivity index is 1.76. The second-order valence-electron chi connectivity index (χ2n) is 10.1. The fourth-order valence-electron chi connectivity index (χ4n) is 4.05. The number of rotatable bonds is 13. The predicted octanol–water partition coefficient (Wildman–Crippen LogP) is 8.32. The average molecular weight is 562 g/mol. The Labute approximate surface area is 231 Å². The third-order valence-electron chi connectivity index (χ3n) is 6.46. The number of aromatic nitrogens is 1. The lowest BCUT2D eigenvalue weighted by molar-refractivity contribution is -0.152. The number of carboxylic acid groups (broad SMARTS) is 1. The maximum atomic E-state index is 13.0. The molecule has 39 heavy (non-hydrogen) atoms. The Hall–Kier alpha value is -3.20. The summed E-state index contributed by atoms with van der Waals surface area (Å²) in [4.78, 5) is 30.1. The molecule has 0 spiro atoms. The fourth-order valence-corrected chi connectivity index (χ4v) is 5.16. The van der Waals surface area contributed by atoms with Crippen molar-refractivity contribution in [3.05, 3.63) is 69.7 Å². The van der Waals surface area contributed by atoms with E-state index < -0.39 is 23.3 Å². The summed E-state index contributed by atoms with van der Waals surface area (Å²) < 4.78 is 44.6. The molecular weight excluding hydrogens is 527 g/mol. The molecule has 0 saturated heterocycles. The van der Waals surface area contributed by atoms with Gasteiger partial charge < -0.3 is 9.84 Å². The van der Waals surface area contributed by atoms with Gasteiger partial charge in [-0.2, -0.15) is 13.2 Å². The van der Waals surface area contributed by atoms with Gasteiger partial charge in [0.2, 0.25) is 0 Å². The summed E-state index contributed by atoms with van der Waals surface area (Å²) in [5, 5.41) is 9.96. The first-order valence-corrected chi connectivity index (χ1v) is 13.9. The van der Waals surface area contributed by atoms with Crippen LogP contribution < -0.4 is 4.74 Å². The van der Waals surface area contributed by atoms with Crippen LogP contribution in [0.15, 0.2) is 42.5 Å². The number of alkyl halides is 3. The lowest BCUT2D eigenvalue weighted by Gasteiger charge is -2.22. The number of ether oxygens (including phenoxy) is 1. The molecule has 0 fully saturated rings. The van der Waals surface area contributed by atoms with Gasteiger partial charge in [0.15, 0.2) is 11.4 Å². The van der Waals surface area contributed by atoms with E-state index in [9.17, 15) is 27.9 Å². The van der Waals surface area contributed by atoms with Crippen LogP contribution >= 0.6 is 11.3 Å². The molecule has 5 nitrogen and oxygen atoms in total. The molecule has 3 rings (SSSR count). The van der Waals surface area contributed by atoms with Crippen molar-refractivity contribution in [2.45, 2.75) is 84.4 Å². The van der Waals surface area contributed by atoms with Gasteiger partial charge in [-0.05, 0) is 75.9 Å². The monoisotopic (exact) mass is 561 g/mol. The van der Waals surface area contributed by atoms with E-state index >= 15 is 0 Å². The van der Waals surface area contributed by atoms with Crippen LogP contribution in [0, 0.1) is 6.92 Å². The second-order valence-corrected chi connectivity index (χ2v) is 11.2. The van der Waals surface area contributed by atoms with Crippen LogP contribution in [0.2, 0.25) is 0 Å².